The van der Waals surface area contributed by atoms with Gasteiger partial charge in [-0.2, -0.15) is 0 Å². The van der Waals surface area contributed by atoms with Crippen LogP contribution in [0.15, 0.2) is 0 Å². The Hall–Kier alpha value is -0.970. The van der Waals surface area contributed by atoms with Crippen LogP contribution in [0.25, 0.3) is 0 Å². The molecule has 0 saturated carbocycles. The van der Waals surface area contributed by atoms with Gasteiger partial charge >= 0.3 is 0 Å². The van der Waals surface area contributed by atoms with Gasteiger partial charge < -0.3 is 4.90 Å². The summed E-state index contributed by atoms with van der Waals surface area (Å²) in [6.45, 7) is 7.97. The van der Waals surface area contributed by atoms with E-state index in [-0.39, 0.29) is 5.91 Å². The van der Waals surface area contributed by atoms with Gasteiger partial charge in [0.05, 0.1) is 5.69 Å². The lowest BCUT2D eigenvalue weighted by Gasteiger charge is -2.34. The number of aryl methyl sites for hydroxylation is 1. The first-order valence-corrected chi connectivity index (χ1v) is 6.43. The summed E-state index contributed by atoms with van der Waals surface area (Å²) in [7, 11) is 0. The summed E-state index contributed by atoms with van der Waals surface area (Å²) < 4.78 is 3.82. The van der Waals surface area contributed by atoms with Crippen molar-refractivity contribution in [3.63, 3.8) is 0 Å². The molecule has 2 atom stereocenters. The van der Waals surface area contributed by atoms with Gasteiger partial charge in [0.15, 0.2) is 0 Å². The van der Waals surface area contributed by atoms with E-state index in [0.29, 0.717) is 16.7 Å². The summed E-state index contributed by atoms with van der Waals surface area (Å²) in [5.41, 5.74) is 0.751. The van der Waals surface area contributed by atoms with E-state index in [0.717, 1.165) is 18.8 Å². The zero-order valence-electron chi connectivity index (χ0n) is 9.93. The van der Waals surface area contributed by atoms with Crippen LogP contribution in [0.5, 0.6) is 0 Å². The molecular weight excluding hydrogens is 222 g/mol. The highest BCUT2D eigenvalue weighted by molar-refractivity contribution is 7.07. The second-order valence-electron chi connectivity index (χ2n) is 4.84. The second-order valence-corrected chi connectivity index (χ2v) is 5.60. The van der Waals surface area contributed by atoms with E-state index in [2.05, 4.69) is 23.4 Å². The fraction of sp³-hybridized carbons (Fsp3) is 0.727. The molecule has 0 aromatic carbocycles. The predicted molar refractivity (Wildman–Crippen MR) is 63.5 cm³/mol. The van der Waals surface area contributed by atoms with Gasteiger partial charge in [0.25, 0.3) is 5.91 Å². The minimum atomic E-state index is 0.103. The fourth-order valence-corrected chi connectivity index (χ4v) is 3.03. The highest BCUT2D eigenvalue weighted by atomic mass is 32.1. The molecule has 4 nitrogen and oxygen atoms in total. The number of carbonyl (C=O) groups excluding carboxylic acids is 1. The third-order valence-electron chi connectivity index (χ3n) is 3.00. The van der Waals surface area contributed by atoms with Gasteiger partial charge in [0.2, 0.25) is 0 Å². The van der Waals surface area contributed by atoms with Crippen molar-refractivity contribution in [1.82, 2.24) is 14.5 Å². The molecule has 1 fully saturated rings. The number of amides is 1. The Balaban J connectivity index is 2.13. The van der Waals surface area contributed by atoms with Crippen LogP contribution in [0.1, 0.15) is 35.6 Å². The molecule has 1 aromatic heterocycles. The van der Waals surface area contributed by atoms with Crippen molar-refractivity contribution >= 4 is 17.4 Å². The summed E-state index contributed by atoms with van der Waals surface area (Å²) in [4.78, 5) is 14.9. The minimum Gasteiger partial charge on any atom is -0.337 e. The molecule has 88 valence electrons. The molecule has 16 heavy (non-hydrogen) atoms. The number of hydrogen-bond acceptors (Lipinski definition) is 4. The first-order valence-electron chi connectivity index (χ1n) is 5.66. The molecular formula is C11H17N3OS. The van der Waals surface area contributed by atoms with Crippen LogP contribution in [0, 0.1) is 18.8 Å². The standard InChI is InChI=1S/C11H17N3OS/c1-7-4-8(2)6-14(5-7)11(15)10-9(3)12-13-16-10/h7-8H,4-6H2,1-3H3/t7-,8-/m1/s1. The Bertz CT molecular complexity index is 380. The number of hydrogen-bond donors (Lipinski definition) is 0. The van der Waals surface area contributed by atoms with E-state index < -0.39 is 0 Å². The molecule has 0 bridgehead atoms. The molecule has 1 amide bonds. The SMILES string of the molecule is Cc1nnsc1C(=O)N1C[C@H](C)C[C@@H](C)C1. The van der Waals surface area contributed by atoms with Crippen molar-refractivity contribution < 1.29 is 4.79 Å². The Morgan fingerprint density at radius 1 is 1.38 bits per heavy atom. The molecule has 0 spiro atoms. The van der Waals surface area contributed by atoms with Crippen LogP contribution >= 0.6 is 11.5 Å². The van der Waals surface area contributed by atoms with Crippen LogP contribution in [0.3, 0.4) is 0 Å². The zero-order chi connectivity index (χ0) is 11.7. The van der Waals surface area contributed by atoms with Crippen LogP contribution in [-0.4, -0.2) is 33.5 Å². The normalized spacial score (nSPS) is 25.8. The van der Waals surface area contributed by atoms with Crippen molar-refractivity contribution in [1.29, 1.82) is 0 Å². The van der Waals surface area contributed by atoms with E-state index in [1.54, 1.807) is 0 Å². The van der Waals surface area contributed by atoms with Gasteiger partial charge in [0, 0.05) is 13.1 Å². The van der Waals surface area contributed by atoms with Crippen LogP contribution < -0.4 is 0 Å². The molecule has 0 unspecified atom stereocenters. The molecule has 1 aliphatic heterocycles. The third-order valence-corrected chi connectivity index (χ3v) is 3.82. The van der Waals surface area contributed by atoms with Gasteiger partial charge in [0.1, 0.15) is 4.88 Å². The fourth-order valence-electron chi connectivity index (χ4n) is 2.40. The minimum absolute atomic E-state index is 0.103. The molecule has 5 heteroatoms. The van der Waals surface area contributed by atoms with E-state index >= 15 is 0 Å². The number of carbonyl (C=O) groups is 1. The Kier molecular flexibility index (Phi) is 3.23. The van der Waals surface area contributed by atoms with E-state index in [9.17, 15) is 4.79 Å². The first kappa shape index (κ1) is 11.5. The Morgan fingerprint density at radius 2 is 2.00 bits per heavy atom. The van der Waals surface area contributed by atoms with Crippen LogP contribution in [0.2, 0.25) is 0 Å². The predicted octanol–water partition coefficient (Wildman–Crippen LogP) is 1.96. The lowest BCUT2D eigenvalue weighted by Crippen LogP contribution is -2.42. The summed E-state index contributed by atoms with van der Waals surface area (Å²) >= 11 is 1.20. The van der Waals surface area contributed by atoms with Crippen molar-refractivity contribution in [2.75, 3.05) is 13.1 Å². The van der Waals surface area contributed by atoms with Crippen LogP contribution in [-0.2, 0) is 0 Å². The highest BCUT2D eigenvalue weighted by Gasteiger charge is 2.28. The van der Waals surface area contributed by atoms with Gasteiger partial charge in [-0.05, 0) is 36.7 Å². The van der Waals surface area contributed by atoms with Crippen molar-refractivity contribution in [3.8, 4) is 0 Å². The maximum Gasteiger partial charge on any atom is 0.267 e. The van der Waals surface area contributed by atoms with Gasteiger partial charge in [-0.15, -0.1) is 5.10 Å². The maximum atomic E-state index is 12.2. The molecule has 0 radical (unpaired) electrons. The summed E-state index contributed by atoms with van der Waals surface area (Å²) in [5, 5.41) is 3.89. The molecule has 2 rings (SSSR count). The largest absolute Gasteiger partial charge is 0.337 e. The van der Waals surface area contributed by atoms with E-state index in [4.69, 9.17) is 0 Å². The number of piperidine rings is 1. The maximum absolute atomic E-state index is 12.2. The Labute approximate surface area is 99.8 Å². The molecule has 1 saturated heterocycles. The Morgan fingerprint density at radius 3 is 2.50 bits per heavy atom. The molecule has 2 heterocycles. The quantitative estimate of drug-likeness (QED) is 0.752. The molecule has 0 N–H and O–H groups in total. The van der Waals surface area contributed by atoms with Crippen LogP contribution in [0.4, 0.5) is 0 Å². The summed E-state index contributed by atoms with van der Waals surface area (Å²) in [6, 6.07) is 0. The van der Waals surface area contributed by atoms with E-state index in [1.807, 2.05) is 11.8 Å². The average molecular weight is 239 g/mol. The molecule has 1 aromatic rings. The zero-order valence-corrected chi connectivity index (χ0v) is 10.8. The van der Waals surface area contributed by atoms with E-state index in [1.165, 1.54) is 18.0 Å². The van der Waals surface area contributed by atoms with Gasteiger partial charge in [-0.1, -0.05) is 18.3 Å². The summed E-state index contributed by atoms with van der Waals surface area (Å²) in [6.07, 6.45) is 1.21. The highest BCUT2D eigenvalue weighted by Crippen LogP contribution is 2.23. The van der Waals surface area contributed by atoms with Crippen molar-refractivity contribution in [2.45, 2.75) is 27.2 Å². The summed E-state index contributed by atoms with van der Waals surface area (Å²) in [5.74, 6) is 1.29. The molecule has 1 aliphatic rings. The number of likely N-dealkylation sites (tertiary alicyclic amines) is 1. The third kappa shape index (κ3) is 2.24. The number of aromatic nitrogens is 2. The number of rotatable bonds is 1. The van der Waals surface area contributed by atoms with Crippen molar-refractivity contribution in [3.05, 3.63) is 10.6 Å². The monoisotopic (exact) mass is 239 g/mol. The van der Waals surface area contributed by atoms with Crippen molar-refractivity contribution in [2.24, 2.45) is 11.8 Å². The second kappa shape index (κ2) is 4.49. The smallest absolute Gasteiger partial charge is 0.267 e. The first-order chi connectivity index (χ1) is 7.58. The lowest BCUT2D eigenvalue weighted by atomic mass is 9.92. The topological polar surface area (TPSA) is 46.1 Å². The lowest BCUT2D eigenvalue weighted by molar-refractivity contribution is 0.0627. The molecule has 0 aliphatic carbocycles. The van der Waals surface area contributed by atoms with Gasteiger partial charge in [-0.3, -0.25) is 4.79 Å². The average Bonchev–Trinajstić information content (AvgIpc) is 2.62. The number of nitrogens with zero attached hydrogens (tertiary/aromatic N) is 3. The van der Waals surface area contributed by atoms with Gasteiger partial charge in [-0.25, -0.2) is 0 Å².